The van der Waals surface area contributed by atoms with Crippen LogP contribution in [0.15, 0.2) is 218 Å². The Labute approximate surface area is 352 Å². The van der Waals surface area contributed by atoms with Crippen molar-refractivity contribution in [1.29, 1.82) is 0 Å². The van der Waals surface area contributed by atoms with Crippen LogP contribution in [0.2, 0.25) is 0 Å². The van der Waals surface area contributed by atoms with E-state index in [1.807, 2.05) is 0 Å². The third-order valence-electron chi connectivity index (χ3n) is 13.4. The number of para-hydroxylation sites is 3. The highest BCUT2D eigenvalue weighted by atomic mass is 15.2. The molecule has 2 nitrogen and oxygen atoms in total. The predicted molar refractivity (Wildman–Crippen MR) is 250 cm³/mol. The maximum atomic E-state index is 2.50. The first-order chi connectivity index (χ1) is 29.6. The van der Waals surface area contributed by atoms with Gasteiger partial charge < -0.3 is 9.80 Å². The third-order valence-corrected chi connectivity index (χ3v) is 13.4. The quantitative estimate of drug-likeness (QED) is 0.166. The summed E-state index contributed by atoms with van der Waals surface area (Å²) in [7, 11) is 0. The molecule has 0 saturated heterocycles. The maximum absolute atomic E-state index is 2.50. The van der Waals surface area contributed by atoms with Crippen LogP contribution in [0.5, 0.6) is 0 Å². The lowest BCUT2D eigenvalue weighted by Gasteiger charge is -2.33. The average molecular weight is 767 g/mol. The molecular weight excluding hydrogens is 725 g/mol. The maximum Gasteiger partial charge on any atom is 0.0727 e. The van der Waals surface area contributed by atoms with Gasteiger partial charge in [0.25, 0.3) is 0 Å². The largest absolute Gasteiger partial charge is 0.310 e. The van der Waals surface area contributed by atoms with Gasteiger partial charge in [0.1, 0.15) is 0 Å². The van der Waals surface area contributed by atoms with Crippen LogP contribution in [-0.2, 0) is 10.8 Å². The van der Waals surface area contributed by atoms with Gasteiger partial charge in [-0.3, -0.25) is 0 Å². The number of rotatable bonds is 6. The fourth-order valence-electron chi connectivity index (χ4n) is 11.0. The van der Waals surface area contributed by atoms with Crippen LogP contribution in [0.25, 0.3) is 33.4 Å². The third kappa shape index (κ3) is 4.70. The molecule has 1 spiro atoms. The monoisotopic (exact) mass is 766 g/mol. The summed E-state index contributed by atoms with van der Waals surface area (Å²) in [5, 5.41) is 0. The first kappa shape index (κ1) is 34.6. The van der Waals surface area contributed by atoms with Crippen LogP contribution >= 0.6 is 0 Å². The summed E-state index contributed by atoms with van der Waals surface area (Å²) < 4.78 is 0. The van der Waals surface area contributed by atoms with E-state index in [0.717, 1.165) is 22.7 Å². The highest BCUT2D eigenvalue weighted by Crippen LogP contribution is 2.66. The molecule has 0 saturated carbocycles. The Morgan fingerprint density at radius 1 is 0.283 bits per heavy atom. The average Bonchev–Trinajstić information content (AvgIpc) is 3.87. The van der Waals surface area contributed by atoms with Crippen LogP contribution in [0.3, 0.4) is 0 Å². The van der Waals surface area contributed by atoms with Crippen LogP contribution in [-0.4, -0.2) is 0 Å². The molecule has 2 heteroatoms. The minimum atomic E-state index is -0.535. The Balaban J connectivity index is 1.13. The van der Waals surface area contributed by atoms with E-state index < -0.39 is 5.41 Å². The lowest BCUT2D eigenvalue weighted by Crippen LogP contribution is -2.26. The van der Waals surface area contributed by atoms with E-state index in [2.05, 4.69) is 242 Å². The first-order valence-electron chi connectivity index (χ1n) is 21.0. The number of hydrogen-bond donors (Lipinski definition) is 0. The Bertz CT molecular complexity index is 3090. The molecule has 0 aliphatic heterocycles. The molecule has 3 aliphatic rings. The van der Waals surface area contributed by atoms with Crippen LogP contribution in [0, 0.1) is 0 Å². The predicted octanol–water partition coefficient (Wildman–Crippen LogP) is 15.3. The smallest absolute Gasteiger partial charge is 0.0727 e. The number of benzene rings is 9. The summed E-state index contributed by atoms with van der Waals surface area (Å²) in [5.41, 5.74) is 22.0. The second kappa shape index (κ2) is 13.0. The molecule has 9 aromatic carbocycles. The zero-order valence-corrected chi connectivity index (χ0v) is 33.7. The summed E-state index contributed by atoms with van der Waals surface area (Å²) >= 11 is 0. The van der Waals surface area contributed by atoms with Gasteiger partial charge in [0.05, 0.1) is 16.8 Å². The highest BCUT2D eigenvalue weighted by molar-refractivity contribution is 6.04. The van der Waals surface area contributed by atoms with Crippen molar-refractivity contribution in [1.82, 2.24) is 0 Å². The summed E-state index contributed by atoms with van der Waals surface area (Å²) in [5.74, 6) is 0. The van der Waals surface area contributed by atoms with E-state index in [0.29, 0.717) is 0 Å². The van der Waals surface area contributed by atoms with E-state index in [-0.39, 0.29) is 5.41 Å². The Kier molecular flexibility index (Phi) is 7.52. The first-order valence-corrected chi connectivity index (χ1v) is 21.0. The van der Waals surface area contributed by atoms with Gasteiger partial charge >= 0.3 is 0 Å². The number of fused-ring (bicyclic) bond motifs is 13. The fraction of sp³-hybridized carbons (Fsp3) is 0.0690. The summed E-state index contributed by atoms with van der Waals surface area (Å²) in [6.45, 7) is 4.74. The van der Waals surface area contributed by atoms with Crippen LogP contribution < -0.4 is 9.80 Å². The molecule has 60 heavy (non-hydrogen) atoms. The molecule has 0 aromatic heterocycles. The molecule has 0 bridgehead atoms. The van der Waals surface area contributed by atoms with Gasteiger partial charge in [-0.15, -0.1) is 0 Å². The molecule has 0 fully saturated rings. The second-order valence-corrected chi connectivity index (χ2v) is 16.8. The zero-order valence-electron chi connectivity index (χ0n) is 33.7. The van der Waals surface area contributed by atoms with Gasteiger partial charge in [0.2, 0.25) is 0 Å². The SMILES string of the molecule is CC1(C)c2ccccc2-c2ccc(N(c3ccccc3)c3cccc4c3-c3ccccc3C43c4ccccc4-c4c(N(c5ccccc5)c5ccccc5)cccc43)cc21. The van der Waals surface area contributed by atoms with Gasteiger partial charge in [-0.05, 0) is 116 Å². The second-order valence-electron chi connectivity index (χ2n) is 16.8. The number of anilines is 6. The Morgan fingerprint density at radius 2 is 0.667 bits per heavy atom. The molecule has 3 aliphatic carbocycles. The molecular formula is C58H42N2. The van der Waals surface area contributed by atoms with E-state index >= 15 is 0 Å². The van der Waals surface area contributed by atoms with Crippen LogP contribution in [0.4, 0.5) is 34.1 Å². The zero-order chi connectivity index (χ0) is 40.0. The van der Waals surface area contributed by atoms with Gasteiger partial charge in [0.15, 0.2) is 0 Å². The molecule has 0 radical (unpaired) electrons. The number of hydrogen-bond acceptors (Lipinski definition) is 2. The van der Waals surface area contributed by atoms with Gasteiger partial charge in [-0.2, -0.15) is 0 Å². The molecule has 0 N–H and O–H groups in total. The molecule has 9 aromatic rings. The van der Waals surface area contributed by atoms with Gasteiger partial charge in [-0.1, -0.05) is 172 Å². The van der Waals surface area contributed by atoms with Crippen molar-refractivity contribution < 1.29 is 0 Å². The lowest BCUT2D eigenvalue weighted by atomic mass is 9.70. The summed E-state index contributed by atoms with van der Waals surface area (Å²) in [6, 6.07) is 80.8. The Hall–Kier alpha value is -7.42. The molecule has 0 amide bonds. The van der Waals surface area contributed by atoms with Gasteiger partial charge in [-0.25, -0.2) is 0 Å². The van der Waals surface area contributed by atoms with E-state index in [9.17, 15) is 0 Å². The van der Waals surface area contributed by atoms with Crippen molar-refractivity contribution in [2.75, 3.05) is 9.80 Å². The fourth-order valence-corrected chi connectivity index (χ4v) is 11.0. The molecule has 0 heterocycles. The van der Waals surface area contributed by atoms with Crippen molar-refractivity contribution in [2.24, 2.45) is 0 Å². The Morgan fingerprint density at radius 3 is 1.17 bits per heavy atom. The molecule has 12 rings (SSSR count). The lowest BCUT2D eigenvalue weighted by molar-refractivity contribution is 0.660. The van der Waals surface area contributed by atoms with E-state index in [1.54, 1.807) is 0 Å². The van der Waals surface area contributed by atoms with Crippen molar-refractivity contribution in [3.05, 3.63) is 252 Å². The van der Waals surface area contributed by atoms with Crippen molar-refractivity contribution in [2.45, 2.75) is 24.7 Å². The van der Waals surface area contributed by atoms with Crippen molar-refractivity contribution in [3.63, 3.8) is 0 Å². The van der Waals surface area contributed by atoms with Crippen molar-refractivity contribution in [3.8, 4) is 33.4 Å². The summed E-state index contributed by atoms with van der Waals surface area (Å²) in [6.07, 6.45) is 0. The van der Waals surface area contributed by atoms with Crippen molar-refractivity contribution >= 4 is 34.1 Å². The standard InChI is InChI=1S/C58H42N2/c1-57(2)47-29-15-12-26-43(47)44-37-36-42(38-52(44)57)60(41-24-10-5-11-25-41)54-35-19-33-51-56(54)46-28-14-17-31-49(46)58(51)48-30-16-13-27-45(48)55-50(58)32-18-34-53(55)59(39-20-6-3-7-21-39)40-22-8-4-9-23-40/h3-38H,1-2H3. The summed E-state index contributed by atoms with van der Waals surface area (Å²) in [4.78, 5) is 4.93. The molecule has 284 valence electrons. The van der Waals surface area contributed by atoms with Gasteiger partial charge in [0, 0.05) is 39.3 Å². The van der Waals surface area contributed by atoms with Crippen LogP contribution in [0.1, 0.15) is 47.2 Å². The minimum absolute atomic E-state index is 0.123. The topological polar surface area (TPSA) is 6.48 Å². The normalized spacial score (nSPS) is 15.7. The minimum Gasteiger partial charge on any atom is -0.310 e. The number of nitrogens with zero attached hydrogens (tertiary/aromatic N) is 2. The molecule has 1 atom stereocenters. The van der Waals surface area contributed by atoms with E-state index in [4.69, 9.17) is 0 Å². The highest BCUT2D eigenvalue weighted by Gasteiger charge is 2.53. The van der Waals surface area contributed by atoms with E-state index in [1.165, 1.54) is 78.1 Å². The molecule has 1 unspecified atom stereocenters.